The quantitative estimate of drug-likeness (QED) is 0.934. The lowest BCUT2D eigenvalue weighted by atomic mass is 10.2. The highest BCUT2D eigenvalue weighted by Gasteiger charge is 2.35. The Morgan fingerprint density at radius 3 is 2.78 bits per heavy atom. The summed E-state index contributed by atoms with van der Waals surface area (Å²) in [6, 6.07) is 2.55. The van der Waals surface area contributed by atoms with Gasteiger partial charge < -0.3 is 10.0 Å². The van der Waals surface area contributed by atoms with Crippen molar-refractivity contribution >= 4 is 23.2 Å². The Kier molecular flexibility index (Phi) is 4.08. The van der Waals surface area contributed by atoms with Crippen LogP contribution in [0.2, 0.25) is 0 Å². The van der Waals surface area contributed by atoms with Crippen molar-refractivity contribution in [1.29, 1.82) is 0 Å². The summed E-state index contributed by atoms with van der Waals surface area (Å²) in [7, 11) is 0. The first-order valence-electron chi connectivity index (χ1n) is 6.92. The van der Waals surface area contributed by atoms with Crippen LogP contribution in [0.15, 0.2) is 23.6 Å². The molecule has 2 aromatic rings. The van der Waals surface area contributed by atoms with E-state index in [0.29, 0.717) is 30.0 Å². The van der Waals surface area contributed by atoms with Crippen LogP contribution in [-0.2, 0) is 4.79 Å². The van der Waals surface area contributed by atoms with Gasteiger partial charge in [-0.3, -0.25) is 4.79 Å². The molecule has 23 heavy (non-hydrogen) atoms. The van der Waals surface area contributed by atoms with Crippen LogP contribution in [0.5, 0.6) is 0 Å². The normalized spacial score (nSPS) is 17.5. The van der Waals surface area contributed by atoms with E-state index >= 15 is 0 Å². The molecule has 1 saturated heterocycles. The molecule has 0 spiro atoms. The zero-order chi connectivity index (χ0) is 16.6. The van der Waals surface area contributed by atoms with E-state index < -0.39 is 29.6 Å². The van der Waals surface area contributed by atoms with Crippen molar-refractivity contribution in [3.05, 3.63) is 40.9 Å². The van der Waals surface area contributed by atoms with E-state index in [1.54, 1.807) is 0 Å². The number of hydrogen-bond acceptors (Lipinski definition) is 4. The lowest BCUT2D eigenvalue weighted by molar-refractivity contribution is -0.141. The van der Waals surface area contributed by atoms with Crippen LogP contribution in [-0.4, -0.2) is 39.5 Å². The molecule has 0 bridgehead atoms. The SMILES string of the molecule is O=C(O)[C@@H]1CCCN1C(=O)c1csc(-c2ccc(F)c(F)c2)n1. The lowest BCUT2D eigenvalue weighted by Gasteiger charge is -2.20. The number of carbonyl (C=O) groups excluding carboxylic acids is 1. The number of hydrogen-bond donors (Lipinski definition) is 1. The average molecular weight is 338 g/mol. The fourth-order valence-corrected chi connectivity index (χ4v) is 3.34. The molecule has 3 rings (SSSR count). The van der Waals surface area contributed by atoms with Crippen LogP contribution in [0.25, 0.3) is 10.6 Å². The standard InChI is InChI=1S/C15H12F2N2O3S/c16-9-4-3-8(6-10(9)17)13-18-11(7-23-13)14(20)19-5-1-2-12(19)15(21)22/h3-4,6-7,12H,1-2,5H2,(H,21,22)/t12-/m0/s1. The van der Waals surface area contributed by atoms with Gasteiger partial charge in [0.2, 0.25) is 0 Å². The topological polar surface area (TPSA) is 70.5 Å². The Labute approximate surface area is 134 Å². The summed E-state index contributed by atoms with van der Waals surface area (Å²) in [5.74, 6) is -3.44. The number of amides is 1. The minimum atomic E-state index is -1.04. The Morgan fingerprint density at radius 2 is 2.09 bits per heavy atom. The first-order chi connectivity index (χ1) is 11.0. The summed E-state index contributed by atoms with van der Waals surface area (Å²) < 4.78 is 26.2. The van der Waals surface area contributed by atoms with E-state index in [1.807, 2.05) is 0 Å². The van der Waals surface area contributed by atoms with Gasteiger partial charge in [-0.25, -0.2) is 18.6 Å². The molecule has 0 aliphatic carbocycles. The fourth-order valence-electron chi connectivity index (χ4n) is 2.55. The van der Waals surface area contributed by atoms with Crippen LogP contribution < -0.4 is 0 Å². The van der Waals surface area contributed by atoms with Crippen LogP contribution >= 0.6 is 11.3 Å². The molecule has 2 heterocycles. The third-order valence-electron chi connectivity index (χ3n) is 3.69. The maximum Gasteiger partial charge on any atom is 0.326 e. The third-order valence-corrected chi connectivity index (χ3v) is 4.58. The molecule has 1 aliphatic rings. The van der Waals surface area contributed by atoms with Crippen LogP contribution in [0, 0.1) is 11.6 Å². The van der Waals surface area contributed by atoms with Gasteiger partial charge in [0.15, 0.2) is 11.6 Å². The number of aromatic nitrogens is 1. The van der Waals surface area contributed by atoms with Crippen molar-refractivity contribution in [2.45, 2.75) is 18.9 Å². The highest BCUT2D eigenvalue weighted by Crippen LogP contribution is 2.27. The fraction of sp³-hybridized carbons (Fsp3) is 0.267. The van der Waals surface area contributed by atoms with Gasteiger partial charge in [0.05, 0.1) is 0 Å². The van der Waals surface area contributed by atoms with Gasteiger partial charge in [-0.15, -0.1) is 11.3 Å². The molecular formula is C15H12F2N2O3S. The average Bonchev–Trinajstić information content (AvgIpc) is 3.18. The first kappa shape index (κ1) is 15.5. The van der Waals surface area contributed by atoms with Crippen molar-refractivity contribution in [1.82, 2.24) is 9.88 Å². The Hall–Kier alpha value is -2.35. The second kappa shape index (κ2) is 6.04. The number of rotatable bonds is 3. The number of benzene rings is 1. The number of thiazole rings is 1. The predicted octanol–water partition coefficient (Wildman–Crippen LogP) is 2.78. The molecule has 1 aromatic heterocycles. The van der Waals surface area contributed by atoms with E-state index in [9.17, 15) is 18.4 Å². The number of halogens is 2. The van der Waals surface area contributed by atoms with E-state index in [2.05, 4.69) is 4.98 Å². The molecule has 1 N–H and O–H groups in total. The van der Waals surface area contributed by atoms with Crippen LogP contribution in [0.4, 0.5) is 8.78 Å². The number of aliphatic carboxylic acids is 1. The second-order valence-electron chi connectivity index (χ2n) is 5.16. The monoisotopic (exact) mass is 338 g/mol. The second-order valence-corrected chi connectivity index (χ2v) is 6.02. The summed E-state index contributed by atoms with van der Waals surface area (Å²) >= 11 is 1.12. The lowest BCUT2D eigenvalue weighted by Crippen LogP contribution is -2.40. The maximum absolute atomic E-state index is 13.3. The van der Waals surface area contributed by atoms with Crippen molar-refractivity contribution < 1.29 is 23.5 Å². The van der Waals surface area contributed by atoms with Gasteiger partial charge in [0, 0.05) is 17.5 Å². The van der Waals surface area contributed by atoms with Gasteiger partial charge in [0.25, 0.3) is 5.91 Å². The first-order valence-corrected chi connectivity index (χ1v) is 7.80. The van der Waals surface area contributed by atoms with E-state index in [4.69, 9.17) is 5.11 Å². The molecule has 0 saturated carbocycles. The van der Waals surface area contributed by atoms with Gasteiger partial charge in [0.1, 0.15) is 16.7 Å². The summed E-state index contributed by atoms with van der Waals surface area (Å²) in [5, 5.41) is 11.0. The molecule has 0 unspecified atom stereocenters. The predicted molar refractivity (Wildman–Crippen MR) is 79.2 cm³/mol. The van der Waals surface area contributed by atoms with Gasteiger partial charge in [-0.05, 0) is 31.0 Å². The highest BCUT2D eigenvalue weighted by atomic mass is 32.1. The summed E-state index contributed by atoms with van der Waals surface area (Å²) in [6.45, 7) is 0.369. The molecule has 1 aliphatic heterocycles. The number of likely N-dealkylation sites (tertiary alicyclic amines) is 1. The third kappa shape index (κ3) is 2.94. The van der Waals surface area contributed by atoms with Gasteiger partial charge in [-0.2, -0.15) is 0 Å². The summed E-state index contributed by atoms with van der Waals surface area (Å²) in [6.07, 6.45) is 1.05. The Balaban J connectivity index is 1.85. The van der Waals surface area contributed by atoms with E-state index in [-0.39, 0.29) is 5.69 Å². The van der Waals surface area contributed by atoms with Gasteiger partial charge >= 0.3 is 5.97 Å². The van der Waals surface area contributed by atoms with Crippen molar-refractivity contribution in [3.8, 4) is 10.6 Å². The molecule has 1 aromatic carbocycles. The minimum Gasteiger partial charge on any atom is -0.480 e. The molecule has 1 amide bonds. The van der Waals surface area contributed by atoms with Crippen molar-refractivity contribution in [2.75, 3.05) is 6.54 Å². The zero-order valence-corrected chi connectivity index (χ0v) is 12.6. The molecular weight excluding hydrogens is 326 g/mol. The maximum atomic E-state index is 13.3. The van der Waals surface area contributed by atoms with Crippen LogP contribution in [0.3, 0.4) is 0 Å². The summed E-state index contributed by atoms with van der Waals surface area (Å²) in [5.41, 5.74) is 0.479. The summed E-state index contributed by atoms with van der Waals surface area (Å²) in [4.78, 5) is 29.0. The van der Waals surface area contributed by atoms with E-state index in [1.165, 1.54) is 16.3 Å². The van der Waals surface area contributed by atoms with E-state index in [0.717, 1.165) is 23.5 Å². The van der Waals surface area contributed by atoms with Gasteiger partial charge in [-0.1, -0.05) is 0 Å². The molecule has 5 nitrogen and oxygen atoms in total. The van der Waals surface area contributed by atoms with Crippen molar-refractivity contribution in [3.63, 3.8) is 0 Å². The molecule has 8 heteroatoms. The Morgan fingerprint density at radius 1 is 1.30 bits per heavy atom. The Bertz CT molecular complexity index is 778. The molecule has 0 radical (unpaired) electrons. The van der Waals surface area contributed by atoms with Crippen LogP contribution in [0.1, 0.15) is 23.3 Å². The number of nitrogens with zero attached hydrogens (tertiary/aromatic N) is 2. The largest absolute Gasteiger partial charge is 0.480 e. The number of carbonyl (C=O) groups is 2. The minimum absolute atomic E-state index is 0.114. The molecule has 1 fully saturated rings. The highest BCUT2D eigenvalue weighted by molar-refractivity contribution is 7.13. The number of carboxylic acids is 1. The smallest absolute Gasteiger partial charge is 0.326 e. The van der Waals surface area contributed by atoms with Crippen molar-refractivity contribution in [2.24, 2.45) is 0 Å². The molecule has 120 valence electrons. The number of carboxylic acid groups (broad SMARTS) is 1. The molecule has 1 atom stereocenters. The zero-order valence-electron chi connectivity index (χ0n) is 11.8.